The van der Waals surface area contributed by atoms with Crippen LogP contribution >= 0.6 is 0 Å². The summed E-state index contributed by atoms with van der Waals surface area (Å²) in [7, 11) is 0. The van der Waals surface area contributed by atoms with Crippen molar-refractivity contribution in [3.8, 4) is 0 Å². The number of anilines is 1. The molecular formula is C12H14F2N4O2. The Morgan fingerprint density at radius 2 is 1.90 bits per heavy atom. The summed E-state index contributed by atoms with van der Waals surface area (Å²) >= 11 is 0. The molecular weight excluding hydrogens is 270 g/mol. The summed E-state index contributed by atoms with van der Waals surface area (Å²) in [5.74, 6) is -2.01. The molecule has 1 aliphatic heterocycles. The van der Waals surface area contributed by atoms with Crippen molar-refractivity contribution >= 4 is 17.6 Å². The van der Waals surface area contributed by atoms with Gasteiger partial charge in [-0.2, -0.15) is 0 Å². The predicted octanol–water partition coefficient (Wildman–Crippen LogP) is 0.951. The van der Waals surface area contributed by atoms with E-state index in [0.717, 1.165) is 18.2 Å². The summed E-state index contributed by atoms with van der Waals surface area (Å²) in [5.41, 5.74) is 9.94. The Morgan fingerprint density at radius 1 is 1.25 bits per heavy atom. The van der Waals surface area contributed by atoms with E-state index >= 15 is 0 Å². The normalized spacial score (nSPS) is 17.9. The van der Waals surface area contributed by atoms with Gasteiger partial charge in [0.1, 0.15) is 17.7 Å². The van der Waals surface area contributed by atoms with Gasteiger partial charge in [0.15, 0.2) is 0 Å². The van der Waals surface area contributed by atoms with Gasteiger partial charge in [-0.25, -0.2) is 13.6 Å². The molecule has 0 saturated carbocycles. The molecule has 0 radical (unpaired) electrons. The summed E-state index contributed by atoms with van der Waals surface area (Å²) in [6.07, 6.45) is 1.17. The third kappa shape index (κ3) is 3.14. The van der Waals surface area contributed by atoms with Gasteiger partial charge in [0.2, 0.25) is 0 Å². The predicted molar refractivity (Wildman–Crippen MR) is 67.4 cm³/mol. The lowest BCUT2D eigenvalue weighted by Crippen LogP contribution is -2.49. The molecule has 4 N–H and O–H groups in total. The minimum absolute atomic E-state index is 0.0690. The van der Waals surface area contributed by atoms with Crippen molar-refractivity contribution in [3.63, 3.8) is 0 Å². The monoisotopic (exact) mass is 284 g/mol. The van der Waals surface area contributed by atoms with Crippen molar-refractivity contribution in [2.75, 3.05) is 12.0 Å². The Morgan fingerprint density at radius 3 is 2.50 bits per heavy atom. The maximum atomic E-state index is 13.0. The van der Waals surface area contributed by atoms with E-state index in [9.17, 15) is 18.4 Å². The molecule has 6 nitrogen and oxygen atoms in total. The molecule has 3 amide bonds. The van der Waals surface area contributed by atoms with Gasteiger partial charge in [0.05, 0.1) is 5.69 Å². The Hall–Kier alpha value is -2.38. The molecule has 0 spiro atoms. The highest BCUT2D eigenvalue weighted by Crippen LogP contribution is 2.17. The number of rotatable bonds is 3. The van der Waals surface area contributed by atoms with Gasteiger partial charge in [-0.15, -0.1) is 0 Å². The number of carbonyl (C=O) groups excluding carboxylic acids is 2. The van der Waals surface area contributed by atoms with Crippen LogP contribution in [-0.4, -0.2) is 29.4 Å². The van der Waals surface area contributed by atoms with Crippen molar-refractivity contribution in [2.45, 2.75) is 18.9 Å². The molecule has 1 aromatic carbocycles. The summed E-state index contributed by atoms with van der Waals surface area (Å²) in [6.45, 7) is 0.419. The molecule has 108 valence electrons. The number of primary amides is 1. The first-order chi connectivity index (χ1) is 9.47. The molecule has 0 bridgehead atoms. The van der Waals surface area contributed by atoms with Crippen LogP contribution in [0.1, 0.15) is 12.8 Å². The zero-order chi connectivity index (χ0) is 14.7. The maximum Gasteiger partial charge on any atom is 0.315 e. The molecule has 1 unspecified atom stereocenters. The number of likely N-dealkylation sites (tertiary alicyclic amines) is 1. The van der Waals surface area contributed by atoms with Crippen LogP contribution in [0.25, 0.3) is 0 Å². The fourth-order valence-electron chi connectivity index (χ4n) is 2.15. The van der Waals surface area contributed by atoms with Gasteiger partial charge in [-0.1, -0.05) is 0 Å². The first kappa shape index (κ1) is 14.0. The van der Waals surface area contributed by atoms with Crippen LogP contribution in [0.2, 0.25) is 0 Å². The molecule has 8 heteroatoms. The molecule has 1 aliphatic rings. The minimum Gasteiger partial charge on any atom is -0.351 e. The highest BCUT2D eigenvalue weighted by atomic mass is 19.1. The molecule has 1 atom stereocenters. The number of carbonyl (C=O) groups is 2. The number of nitrogens with two attached hydrogens (primary N) is 1. The smallest absolute Gasteiger partial charge is 0.315 e. The van der Waals surface area contributed by atoms with Crippen LogP contribution < -0.4 is 16.6 Å². The number of nitrogens with zero attached hydrogens (tertiary/aromatic N) is 1. The summed E-state index contributed by atoms with van der Waals surface area (Å²) in [5, 5.41) is 0. The van der Waals surface area contributed by atoms with E-state index in [4.69, 9.17) is 5.73 Å². The molecule has 0 aliphatic carbocycles. The summed E-state index contributed by atoms with van der Waals surface area (Å²) in [6, 6.07) is 1.45. The van der Waals surface area contributed by atoms with E-state index in [2.05, 4.69) is 10.9 Å². The minimum atomic E-state index is -0.763. The first-order valence-corrected chi connectivity index (χ1v) is 6.05. The zero-order valence-corrected chi connectivity index (χ0v) is 10.5. The van der Waals surface area contributed by atoms with E-state index < -0.39 is 29.6 Å². The van der Waals surface area contributed by atoms with E-state index in [-0.39, 0.29) is 5.69 Å². The average molecular weight is 284 g/mol. The topological polar surface area (TPSA) is 87.5 Å². The molecule has 1 saturated heterocycles. The first-order valence-electron chi connectivity index (χ1n) is 6.05. The van der Waals surface area contributed by atoms with Gasteiger partial charge in [-0.05, 0) is 25.0 Å². The number of halogens is 2. The number of hydrazine groups is 1. The zero-order valence-electron chi connectivity index (χ0n) is 10.5. The number of nitrogens with one attached hydrogen (secondary N) is 2. The number of benzene rings is 1. The summed E-state index contributed by atoms with van der Waals surface area (Å²) < 4.78 is 25.9. The standard InChI is InChI=1S/C12H14F2N4O2/c13-7-4-8(14)6-9(5-7)16-17-11(19)10-2-1-3-18(10)12(15)20/h4-6,10,16H,1-3H2,(H2,15,20)(H,17,19). The van der Waals surface area contributed by atoms with Gasteiger partial charge >= 0.3 is 6.03 Å². The second-order valence-corrected chi connectivity index (χ2v) is 4.46. The second-order valence-electron chi connectivity index (χ2n) is 4.46. The maximum absolute atomic E-state index is 13.0. The lowest BCUT2D eigenvalue weighted by molar-refractivity contribution is -0.124. The number of urea groups is 1. The van der Waals surface area contributed by atoms with Gasteiger partial charge in [0, 0.05) is 12.6 Å². The quantitative estimate of drug-likeness (QED) is 0.722. The SMILES string of the molecule is NC(=O)N1CCCC1C(=O)NNc1cc(F)cc(F)c1. The van der Waals surface area contributed by atoms with Crippen molar-refractivity contribution in [2.24, 2.45) is 5.73 Å². The molecule has 1 fully saturated rings. The van der Waals surface area contributed by atoms with E-state index in [0.29, 0.717) is 19.4 Å². The van der Waals surface area contributed by atoms with Crippen LogP contribution in [0, 0.1) is 11.6 Å². The third-order valence-electron chi connectivity index (χ3n) is 3.03. The van der Waals surface area contributed by atoms with Gasteiger partial charge in [-0.3, -0.25) is 15.6 Å². The van der Waals surface area contributed by atoms with Crippen molar-refractivity contribution in [3.05, 3.63) is 29.8 Å². The Kier molecular flexibility index (Phi) is 4.02. The van der Waals surface area contributed by atoms with E-state index in [1.54, 1.807) is 0 Å². The number of amides is 3. The van der Waals surface area contributed by atoms with Crippen LogP contribution in [0.15, 0.2) is 18.2 Å². The summed E-state index contributed by atoms with van der Waals surface area (Å²) in [4.78, 5) is 24.3. The number of hydrogen-bond donors (Lipinski definition) is 3. The average Bonchev–Trinajstić information content (AvgIpc) is 2.84. The Bertz CT molecular complexity index is 518. The molecule has 2 rings (SSSR count). The molecule has 0 aromatic heterocycles. The van der Waals surface area contributed by atoms with Gasteiger partial charge < -0.3 is 10.6 Å². The highest BCUT2D eigenvalue weighted by molar-refractivity contribution is 5.87. The fourth-order valence-corrected chi connectivity index (χ4v) is 2.15. The highest BCUT2D eigenvalue weighted by Gasteiger charge is 2.32. The molecule has 1 aromatic rings. The lowest BCUT2D eigenvalue weighted by Gasteiger charge is -2.22. The second kappa shape index (κ2) is 5.72. The van der Waals surface area contributed by atoms with Crippen LogP contribution in [-0.2, 0) is 4.79 Å². The van der Waals surface area contributed by atoms with Crippen molar-refractivity contribution < 1.29 is 18.4 Å². The van der Waals surface area contributed by atoms with Gasteiger partial charge in [0.25, 0.3) is 5.91 Å². The van der Waals surface area contributed by atoms with Crippen LogP contribution in [0.4, 0.5) is 19.3 Å². The van der Waals surface area contributed by atoms with Crippen LogP contribution in [0.5, 0.6) is 0 Å². The largest absolute Gasteiger partial charge is 0.351 e. The lowest BCUT2D eigenvalue weighted by atomic mass is 10.2. The van der Waals surface area contributed by atoms with Crippen molar-refractivity contribution in [1.82, 2.24) is 10.3 Å². The van der Waals surface area contributed by atoms with E-state index in [1.165, 1.54) is 4.90 Å². The third-order valence-corrected chi connectivity index (χ3v) is 3.03. The molecule has 1 heterocycles. The number of hydrogen-bond acceptors (Lipinski definition) is 3. The van der Waals surface area contributed by atoms with Crippen molar-refractivity contribution in [1.29, 1.82) is 0 Å². The Balaban J connectivity index is 1.96. The Labute approximate surface area is 113 Å². The fraction of sp³-hybridized carbons (Fsp3) is 0.333. The van der Waals surface area contributed by atoms with E-state index in [1.807, 2.05) is 0 Å². The molecule has 20 heavy (non-hydrogen) atoms. The van der Waals surface area contributed by atoms with Crippen LogP contribution in [0.3, 0.4) is 0 Å².